The summed E-state index contributed by atoms with van der Waals surface area (Å²) in [6.07, 6.45) is 3.21. The molecule has 7 nitrogen and oxygen atoms in total. The maximum absolute atomic E-state index is 12.5. The number of aromatic nitrogens is 2. The maximum atomic E-state index is 12.5. The number of ether oxygens (including phenoxy) is 1. The molecule has 4 aromatic rings. The molecule has 0 atom stereocenters. The van der Waals surface area contributed by atoms with E-state index in [1.54, 1.807) is 18.2 Å². The minimum Gasteiger partial charge on any atom is -0.494 e. The van der Waals surface area contributed by atoms with E-state index in [4.69, 9.17) is 4.74 Å². The highest BCUT2D eigenvalue weighted by atomic mass is 32.2. The van der Waals surface area contributed by atoms with Crippen LogP contribution in [0.1, 0.15) is 28.4 Å². The van der Waals surface area contributed by atoms with Crippen molar-refractivity contribution < 1.29 is 14.3 Å². The van der Waals surface area contributed by atoms with Crippen LogP contribution < -0.4 is 15.4 Å². The van der Waals surface area contributed by atoms with Gasteiger partial charge in [-0.15, -0.1) is 10.2 Å². The van der Waals surface area contributed by atoms with Crippen molar-refractivity contribution in [2.45, 2.75) is 17.0 Å². The lowest BCUT2D eigenvalue weighted by molar-refractivity contribution is -0.111. The van der Waals surface area contributed by atoms with Crippen LogP contribution in [0.2, 0.25) is 0 Å². The van der Waals surface area contributed by atoms with Crippen LogP contribution in [0.15, 0.2) is 89.3 Å². The Morgan fingerprint density at radius 1 is 0.944 bits per heavy atom. The van der Waals surface area contributed by atoms with Gasteiger partial charge in [0.15, 0.2) is 4.34 Å². The van der Waals surface area contributed by atoms with Crippen molar-refractivity contribution in [2.75, 3.05) is 17.2 Å². The van der Waals surface area contributed by atoms with Crippen LogP contribution in [0, 0.1) is 0 Å². The normalized spacial score (nSPS) is 10.8. The van der Waals surface area contributed by atoms with Crippen molar-refractivity contribution in [2.24, 2.45) is 0 Å². The second-order valence-corrected chi connectivity index (χ2v) is 9.70. The minimum atomic E-state index is -0.259. The molecule has 0 aliphatic rings. The van der Waals surface area contributed by atoms with Crippen LogP contribution >= 0.6 is 23.1 Å². The van der Waals surface area contributed by atoms with Crippen molar-refractivity contribution >= 4 is 51.8 Å². The third-order valence-corrected chi connectivity index (χ3v) is 6.91. The molecule has 36 heavy (non-hydrogen) atoms. The predicted octanol–water partition coefficient (Wildman–Crippen LogP) is 6.13. The molecule has 0 saturated heterocycles. The van der Waals surface area contributed by atoms with E-state index >= 15 is 0 Å². The van der Waals surface area contributed by atoms with Gasteiger partial charge in [-0.3, -0.25) is 14.9 Å². The number of benzene rings is 3. The summed E-state index contributed by atoms with van der Waals surface area (Å²) in [7, 11) is 0. The van der Waals surface area contributed by atoms with Crippen molar-refractivity contribution in [3.63, 3.8) is 0 Å². The van der Waals surface area contributed by atoms with Crippen LogP contribution in [-0.4, -0.2) is 28.6 Å². The van der Waals surface area contributed by atoms with E-state index in [1.807, 2.05) is 73.7 Å². The maximum Gasteiger partial charge on any atom is 0.255 e. The first-order valence-corrected chi connectivity index (χ1v) is 13.0. The van der Waals surface area contributed by atoms with Crippen LogP contribution in [0.25, 0.3) is 6.08 Å². The topological polar surface area (TPSA) is 93.2 Å². The Kier molecular flexibility index (Phi) is 8.85. The lowest BCUT2D eigenvalue weighted by Crippen LogP contribution is -2.11. The number of carbonyl (C=O) groups excluding carboxylic acids is 2. The SMILES string of the molecule is CCOc1ccc(NC(=O)c2ccc(CSc3nnc(NC(=O)C=Cc4ccccc4)s3)cc2)cc1. The number of nitrogens with one attached hydrogen (secondary N) is 2. The first-order valence-electron chi connectivity index (χ1n) is 11.2. The fourth-order valence-electron chi connectivity index (χ4n) is 3.10. The number of nitrogens with zero attached hydrogens (tertiary/aromatic N) is 2. The zero-order chi connectivity index (χ0) is 25.2. The quantitative estimate of drug-likeness (QED) is 0.150. The van der Waals surface area contributed by atoms with Crippen LogP contribution in [-0.2, 0) is 10.5 Å². The molecule has 9 heteroatoms. The van der Waals surface area contributed by atoms with E-state index in [1.165, 1.54) is 29.2 Å². The van der Waals surface area contributed by atoms with Gasteiger partial charge in [-0.1, -0.05) is 65.6 Å². The molecule has 1 aromatic heterocycles. The fraction of sp³-hybridized carbons (Fsp3) is 0.111. The number of rotatable bonds is 10. The van der Waals surface area contributed by atoms with Crippen molar-refractivity contribution in [1.29, 1.82) is 0 Å². The molecule has 0 fully saturated rings. The van der Waals surface area contributed by atoms with Gasteiger partial charge in [0.25, 0.3) is 5.91 Å². The molecule has 0 aliphatic heterocycles. The summed E-state index contributed by atoms with van der Waals surface area (Å²) >= 11 is 2.83. The van der Waals surface area contributed by atoms with Gasteiger partial charge >= 0.3 is 0 Å². The Balaban J connectivity index is 1.25. The molecular formula is C27H24N4O3S2. The number of anilines is 2. The molecule has 0 spiro atoms. The second kappa shape index (κ2) is 12.7. The lowest BCUT2D eigenvalue weighted by Gasteiger charge is -2.08. The van der Waals surface area contributed by atoms with E-state index in [2.05, 4.69) is 20.8 Å². The number of hydrogen-bond acceptors (Lipinski definition) is 7. The highest BCUT2D eigenvalue weighted by Crippen LogP contribution is 2.28. The van der Waals surface area contributed by atoms with Gasteiger partial charge in [0, 0.05) is 23.1 Å². The van der Waals surface area contributed by atoms with Gasteiger partial charge in [0.1, 0.15) is 5.75 Å². The standard InChI is InChI=1S/C27H24N4O3S2/c1-2-34-23-15-13-22(14-16-23)28-25(33)21-11-8-20(9-12-21)18-35-27-31-30-26(36-27)29-24(32)17-10-19-6-4-3-5-7-19/h3-17H,2,18H2,1H3,(H,28,33)(H,29,30,32). The molecule has 2 amide bonds. The van der Waals surface area contributed by atoms with Crippen LogP contribution in [0.5, 0.6) is 5.75 Å². The number of carbonyl (C=O) groups is 2. The van der Waals surface area contributed by atoms with E-state index < -0.39 is 0 Å². The molecule has 0 unspecified atom stereocenters. The molecule has 182 valence electrons. The number of thioether (sulfide) groups is 1. The first-order chi connectivity index (χ1) is 17.6. The molecule has 0 bridgehead atoms. The summed E-state index contributed by atoms with van der Waals surface area (Å²) in [4.78, 5) is 24.6. The predicted molar refractivity (Wildman–Crippen MR) is 146 cm³/mol. The summed E-state index contributed by atoms with van der Waals surface area (Å²) in [6.45, 7) is 2.52. The van der Waals surface area contributed by atoms with Gasteiger partial charge in [-0.25, -0.2) is 0 Å². The molecular weight excluding hydrogens is 492 g/mol. The van der Waals surface area contributed by atoms with Crippen LogP contribution in [0.3, 0.4) is 0 Å². The summed E-state index contributed by atoms with van der Waals surface area (Å²) in [5.74, 6) is 0.995. The van der Waals surface area contributed by atoms with Crippen molar-refractivity contribution in [3.05, 3.63) is 102 Å². The Labute approximate surface area is 217 Å². The minimum absolute atomic E-state index is 0.177. The molecule has 0 aliphatic carbocycles. The Morgan fingerprint density at radius 3 is 2.42 bits per heavy atom. The highest BCUT2D eigenvalue weighted by molar-refractivity contribution is 8.00. The Morgan fingerprint density at radius 2 is 1.69 bits per heavy atom. The van der Waals surface area contributed by atoms with E-state index in [-0.39, 0.29) is 11.8 Å². The van der Waals surface area contributed by atoms with Gasteiger partial charge in [0.05, 0.1) is 6.61 Å². The zero-order valence-electron chi connectivity index (χ0n) is 19.5. The summed E-state index contributed by atoms with van der Waals surface area (Å²) in [5.41, 5.74) is 3.27. The summed E-state index contributed by atoms with van der Waals surface area (Å²) in [6, 6.07) is 24.3. The molecule has 4 rings (SSSR count). The Hall–Kier alpha value is -3.95. The third kappa shape index (κ3) is 7.53. The lowest BCUT2D eigenvalue weighted by atomic mass is 10.1. The summed E-state index contributed by atoms with van der Waals surface area (Å²) in [5, 5.41) is 14.2. The van der Waals surface area contributed by atoms with E-state index in [0.717, 1.165) is 21.2 Å². The van der Waals surface area contributed by atoms with Gasteiger partial charge in [-0.2, -0.15) is 0 Å². The monoisotopic (exact) mass is 516 g/mol. The molecule has 0 radical (unpaired) electrons. The fourth-order valence-corrected chi connectivity index (χ4v) is 4.81. The van der Waals surface area contributed by atoms with Gasteiger partial charge in [-0.05, 0) is 60.5 Å². The van der Waals surface area contributed by atoms with Crippen molar-refractivity contribution in [3.8, 4) is 5.75 Å². The third-order valence-electron chi connectivity index (χ3n) is 4.86. The Bertz CT molecular complexity index is 1320. The molecule has 1 heterocycles. The van der Waals surface area contributed by atoms with E-state index in [9.17, 15) is 9.59 Å². The molecule has 0 saturated carbocycles. The number of amides is 2. The molecule has 3 aromatic carbocycles. The zero-order valence-corrected chi connectivity index (χ0v) is 21.1. The largest absolute Gasteiger partial charge is 0.494 e. The molecule has 2 N–H and O–H groups in total. The van der Waals surface area contributed by atoms with Crippen molar-refractivity contribution in [1.82, 2.24) is 10.2 Å². The van der Waals surface area contributed by atoms with Crippen LogP contribution in [0.4, 0.5) is 10.8 Å². The van der Waals surface area contributed by atoms with E-state index in [0.29, 0.717) is 28.7 Å². The number of hydrogen-bond donors (Lipinski definition) is 2. The summed E-state index contributed by atoms with van der Waals surface area (Å²) < 4.78 is 6.16. The highest BCUT2D eigenvalue weighted by Gasteiger charge is 2.09. The average molecular weight is 517 g/mol. The average Bonchev–Trinajstić information content (AvgIpc) is 3.35. The first kappa shape index (κ1) is 25.2. The van der Waals surface area contributed by atoms with Gasteiger partial charge < -0.3 is 10.1 Å². The van der Waals surface area contributed by atoms with Gasteiger partial charge in [0.2, 0.25) is 11.0 Å². The second-order valence-electron chi connectivity index (χ2n) is 7.50. The smallest absolute Gasteiger partial charge is 0.255 e.